The van der Waals surface area contributed by atoms with Crippen molar-refractivity contribution in [3.8, 4) is 0 Å². The van der Waals surface area contributed by atoms with Crippen molar-refractivity contribution in [3.05, 3.63) is 29.7 Å². The number of amides is 1. The first-order valence-electron chi connectivity index (χ1n) is 7.28. The fraction of sp³-hybridized carbons (Fsp3) is 0.500. The van der Waals surface area contributed by atoms with Crippen LogP contribution in [0.5, 0.6) is 0 Å². The lowest BCUT2D eigenvalue weighted by Gasteiger charge is -2.22. The van der Waals surface area contributed by atoms with Gasteiger partial charge < -0.3 is 14.2 Å². The molecule has 1 fully saturated rings. The zero-order valence-electron chi connectivity index (χ0n) is 13.0. The molecular formula is C16H21N3O2. The highest BCUT2D eigenvalue weighted by molar-refractivity contribution is 5.95. The third-order valence-electron chi connectivity index (χ3n) is 4.25. The maximum Gasteiger partial charge on any atom is 0.289 e. The molecule has 5 heteroatoms. The molecule has 2 aromatic rings. The predicted octanol–water partition coefficient (Wildman–Crippen LogP) is 2.16. The van der Waals surface area contributed by atoms with E-state index in [2.05, 4.69) is 30.9 Å². The fourth-order valence-corrected chi connectivity index (χ4v) is 3.07. The molecule has 0 spiro atoms. The number of furan rings is 1. The number of aryl methyl sites for hydroxylation is 1. The van der Waals surface area contributed by atoms with Gasteiger partial charge in [-0.3, -0.25) is 4.79 Å². The molecule has 0 bridgehead atoms. The van der Waals surface area contributed by atoms with E-state index >= 15 is 0 Å². The van der Waals surface area contributed by atoms with E-state index in [0.29, 0.717) is 23.3 Å². The summed E-state index contributed by atoms with van der Waals surface area (Å²) < 4.78 is 5.66. The zero-order chi connectivity index (χ0) is 15.1. The summed E-state index contributed by atoms with van der Waals surface area (Å²) in [6, 6.07) is 5.90. The van der Waals surface area contributed by atoms with Gasteiger partial charge in [-0.15, -0.1) is 0 Å². The number of rotatable bonds is 2. The molecule has 21 heavy (non-hydrogen) atoms. The van der Waals surface area contributed by atoms with E-state index in [1.165, 1.54) is 0 Å². The second-order valence-electron chi connectivity index (χ2n) is 6.17. The number of carbonyl (C=O) groups excluding carboxylic acids is 1. The van der Waals surface area contributed by atoms with Crippen LogP contribution in [0.4, 0.5) is 0 Å². The third kappa shape index (κ3) is 2.53. The van der Waals surface area contributed by atoms with E-state index in [1.54, 1.807) is 6.07 Å². The second-order valence-corrected chi connectivity index (χ2v) is 6.17. The number of pyridine rings is 1. The van der Waals surface area contributed by atoms with Crippen molar-refractivity contribution < 1.29 is 9.21 Å². The number of fused-ring (bicyclic) bond motifs is 1. The van der Waals surface area contributed by atoms with Gasteiger partial charge in [0, 0.05) is 30.9 Å². The average Bonchev–Trinajstić information content (AvgIpc) is 3.00. The van der Waals surface area contributed by atoms with Crippen molar-refractivity contribution in [3.63, 3.8) is 0 Å². The summed E-state index contributed by atoms with van der Waals surface area (Å²) in [6.45, 7) is 5.63. The zero-order valence-corrected chi connectivity index (χ0v) is 13.0. The Balaban J connectivity index is 1.84. The van der Waals surface area contributed by atoms with Crippen LogP contribution in [0, 0.1) is 12.8 Å². The average molecular weight is 287 g/mol. The molecule has 1 aliphatic rings. The molecule has 0 aromatic carbocycles. The predicted molar refractivity (Wildman–Crippen MR) is 81.3 cm³/mol. The molecule has 3 heterocycles. The number of likely N-dealkylation sites (N-methyl/N-ethyl adjacent to an activating group) is 1. The van der Waals surface area contributed by atoms with Gasteiger partial charge in [0.05, 0.1) is 0 Å². The van der Waals surface area contributed by atoms with Crippen LogP contribution >= 0.6 is 0 Å². The first-order chi connectivity index (χ1) is 9.95. The monoisotopic (exact) mass is 287 g/mol. The Bertz CT molecular complexity index is 677. The van der Waals surface area contributed by atoms with Crippen LogP contribution in [0.3, 0.4) is 0 Å². The van der Waals surface area contributed by atoms with Gasteiger partial charge in [0.2, 0.25) is 0 Å². The van der Waals surface area contributed by atoms with Gasteiger partial charge in [0.1, 0.15) is 5.52 Å². The Kier molecular flexibility index (Phi) is 3.45. The third-order valence-corrected chi connectivity index (χ3v) is 4.25. The van der Waals surface area contributed by atoms with Gasteiger partial charge in [-0.2, -0.15) is 0 Å². The largest absolute Gasteiger partial charge is 0.449 e. The highest BCUT2D eigenvalue weighted by Crippen LogP contribution is 2.24. The van der Waals surface area contributed by atoms with Crippen LogP contribution in [-0.2, 0) is 0 Å². The number of aromatic nitrogens is 1. The molecule has 3 rings (SSSR count). The van der Waals surface area contributed by atoms with E-state index in [9.17, 15) is 4.79 Å². The summed E-state index contributed by atoms with van der Waals surface area (Å²) in [5.74, 6) is 0.810. The first-order valence-corrected chi connectivity index (χ1v) is 7.28. The molecule has 0 aliphatic carbocycles. The molecule has 5 nitrogen and oxygen atoms in total. The van der Waals surface area contributed by atoms with Crippen molar-refractivity contribution in [1.82, 2.24) is 14.8 Å². The van der Waals surface area contributed by atoms with Crippen LogP contribution in [0.25, 0.3) is 11.1 Å². The molecular weight excluding hydrogens is 266 g/mol. The molecule has 0 saturated carbocycles. The van der Waals surface area contributed by atoms with Crippen LogP contribution in [0.15, 0.2) is 22.6 Å². The number of nitrogens with zero attached hydrogens (tertiary/aromatic N) is 3. The van der Waals surface area contributed by atoms with Crippen molar-refractivity contribution in [2.24, 2.45) is 5.92 Å². The highest BCUT2D eigenvalue weighted by atomic mass is 16.3. The SMILES string of the molecule is Cc1ccc2oc(C(=O)N3CC(C)C(N(C)C)C3)cc2n1. The minimum Gasteiger partial charge on any atom is -0.449 e. The lowest BCUT2D eigenvalue weighted by molar-refractivity contribution is 0.0752. The van der Waals surface area contributed by atoms with Crippen LogP contribution in [0.1, 0.15) is 23.2 Å². The minimum absolute atomic E-state index is 0.0400. The molecule has 1 aliphatic heterocycles. The Morgan fingerprint density at radius 3 is 2.81 bits per heavy atom. The molecule has 2 atom stereocenters. The van der Waals surface area contributed by atoms with Crippen LogP contribution in [-0.4, -0.2) is 53.9 Å². The van der Waals surface area contributed by atoms with Gasteiger partial charge in [0.25, 0.3) is 5.91 Å². The summed E-state index contributed by atoms with van der Waals surface area (Å²) >= 11 is 0. The molecule has 0 radical (unpaired) electrons. The van der Waals surface area contributed by atoms with Gasteiger partial charge in [0.15, 0.2) is 11.3 Å². The van der Waals surface area contributed by atoms with Crippen molar-refractivity contribution in [1.29, 1.82) is 0 Å². The van der Waals surface area contributed by atoms with Gasteiger partial charge in [-0.1, -0.05) is 6.92 Å². The second kappa shape index (κ2) is 5.15. The standard InChI is InChI=1S/C16H21N3O2/c1-10-8-19(9-13(10)18(3)4)16(20)15-7-12-14(21-15)6-5-11(2)17-12/h5-7,10,13H,8-9H2,1-4H3. The quantitative estimate of drug-likeness (QED) is 0.849. The smallest absolute Gasteiger partial charge is 0.289 e. The van der Waals surface area contributed by atoms with Gasteiger partial charge >= 0.3 is 0 Å². The summed E-state index contributed by atoms with van der Waals surface area (Å²) in [5.41, 5.74) is 2.33. The maximum atomic E-state index is 12.6. The molecule has 2 aromatic heterocycles. The van der Waals surface area contributed by atoms with Crippen LogP contribution < -0.4 is 0 Å². The Morgan fingerprint density at radius 1 is 1.38 bits per heavy atom. The van der Waals surface area contributed by atoms with E-state index in [1.807, 2.05) is 24.0 Å². The van der Waals surface area contributed by atoms with E-state index < -0.39 is 0 Å². The fourth-order valence-electron chi connectivity index (χ4n) is 3.07. The highest BCUT2D eigenvalue weighted by Gasteiger charge is 2.35. The molecule has 112 valence electrons. The van der Waals surface area contributed by atoms with Crippen molar-refractivity contribution in [2.75, 3.05) is 27.2 Å². The Morgan fingerprint density at radius 2 is 2.14 bits per heavy atom. The number of hydrogen-bond acceptors (Lipinski definition) is 4. The maximum absolute atomic E-state index is 12.6. The van der Waals surface area contributed by atoms with E-state index in [0.717, 1.165) is 24.3 Å². The van der Waals surface area contributed by atoms with Crippen molar-refractivity contribution >= 4 is 17.0 Å². The topological polar surface area (TPSA) is 49.6 Å². The summed E-state index contributed by atoms with van der Waals surface area (Å²) in [4.78, 5) is 21.0. The number of likely N-dealkylation sites (tertiary alicyclic amines) is 1. The molecule has 0 N–H and O–H groups in total. The van der Waals surface area contributed by atoms with Crippen molar-refractivity contribution in [2.45, 2.75) is 19.9 Å². The van der Waals surface area contributed by atoms with Gasteiger partial charge in [-0.05, 0) is 39.1 Å². The molecule has 1 amide bonds. The lowest BCUT2D eigenvalue weighted by atomic mass is 10.1. The van der Waals surface area contributed by atoms with E-state index in [-0.39, 0.29) is 5.91 Å². The van der Waals surface area contributed by atoms with Crippen LogP contribution in [0.2, 0.25) is 0 Å². The van der Waals surface area contributed by atoms with Gasteiger partial charge in [-0.25, -0.2) is 4.98 Å². The number of hydrogen-bond donors (Lipinski definition) is 0. The number of carbonyl (C=O) groups is 1. The normalized spacial score (nSPS) is 22.4. The minimum atomic E-state index is -0.0400. The van der Waals surface area contributed by atoms with E-state index in [4.69, 9.17) is 4.42 Å². The summed E-state index contributed by atoms with van der Waals surface area (Å²) in [5, 5.41) is 0. The lowest BCUT2D eigenvalue weighted by Crippen LogP contribution is -2.35. The Hall–Kier alpha value is -1.88. The molecule has 2 unspecified atom stereocenters. The molecule has 1 saturated heterocycles. The summed E-state index contributed by atoms with van der Waals surface area (Å²) in [6.07, 6.45) is 0. The Labute approximate surface area is 124 Å². The summed E-state index contributed by atoms with van der Waals surface area (Å²) in [7, 11) is 4.12. The first kappa shape index (κ1) is 14.1.